The fourth-order valence-electron chi connectivity index (χ4n) is 1.92. The molecule has 1 aliphatic rings. The van der Waals surface area contributed by atoms with Crippen molar-refractivity contribution in [3.63, 3.8) is 0 Å². The quantitative estimate of drug-likeness (QED) is 0.787. The van der Waals surface area contributed by atoms with E-state index in [1.54, 1.807) is 11.9 Å². The second-order valence-corrected chi connectivity index (χ2v) is 4.00. The molecule has 0 aromatic heterocycles. The Morgan fingerprint density at radius 3 is 2.88 bits per heavy atom. The van der Waals surface area contributed by atoms with E-state index in [-0.39, 0.29) is 12.4 Å². The molecule has 1 heterocycles. The largest absolute Gasteiger partial charge is 0.469 e. The Bertz CT molecular complexity index is 467. The first-order valence-corrected chi connectivity index (χ1v) is 5.40. The van der Waals surface area contributed by atoms with Gasteiger partial charge in [0.2, 0.25) is 0 Å². The predicted octanol–water partition coefficient (Wildman–Crippen LogP) is 1.53. The Morgan fingerprint density at radius 1 is 1.47 bits per heavy atom. The summed E-state index contributed by atoms with van der Waals surface area (Å²) in [7, 11) is 3.12. The van der Waals surface area contributed by atoms with Crippen LogP contribution >= 0.6 is 0 Å². The topological polar surface area (TPSA) is 49.8 Å². The van der Waals surface area contributed by atoms with Gasteiger partial charge >= 0.3 is 5.97 Å². The number of rotatable bonds is 2. The van der Waals surface area contributed by atoms with Gasteiger partial charge in [0.25, 0.3) is 0 Å². The van der Waals surface area contributed by atoms with Crippen LogP contribution < -0.4 is 0 Å². The lowest BCUT2D eigenvalue weighted by atomic mass is 9.99. The molecule has 4 heteroatoms. The smallest absolute Gasteiger partial charge is 0.311 e. The van der Waals surface area contributed by atoms with E-state index in [0.29, 0.717) is 0 Å². The third kappa shape index (κ3) is 2.17. The first-order valence-electron chi connectivity index (χ1n) is 5.40. The van der Waals surface area contributed by atoms with Crippen LogP contribution in [0.25, 0.3) is 6.08 Å². The normalized spacial score (nSPS) is 18.4. The van der Waals surface area contributed by atoms with Gasteiger partial charge in [-0.1, -0.05) is 24.3 Å². The molecule has 1 aromatic rings. The Balaban J connectivity index is 2.35. The highest BCUT2D eigenvalue weighted by Crippen LogP contribution is 2.32. The second-order valence-electron chi connectivity index (χ2n) is 4.00. The predicted molar refractivity (Wildman–Crippen MR) is 63.8 cm³/mol. The van der Waals surface area contributed by atoms with Crippen LogP contribution in [0.15, 0.2) is 30.0 Å². The lowest BCUT2D eigenvalue weighted by Gasteiger charge is -2.32. The molecule has 4 nitrogen and oxygen atoms in total. The molecule has 2 rings (SSSR count). The molecule has 17 heavy (non-hydrogen) atoms. The minimum absolute atomic E-state index is 0.165. The summed E-state index contributed by atoms with van der Waals surface area (Å²) < 4.78 is 4.64. The molecule has 1 N–H and O–H groups in total. The average molecular weight is 233 g/mol. The number of fused-ring (bicyclic) bond motifs is 1. The van der Waals surface area contributed by atoms with Gasteiger partial charge in [-0.2, -0.15) is 0 Å². The summed E-state index contributed by atoms with van der Waals surface area (Å²) in [6.07, 6.45) is 1.35. The molecule has 90 valence electrons. The molecular weight excluding hydrogens is 218 g/mol. The Labute approximate surface area is 100 Å². The molecule has 0 bridgehead atoms. The van der Waals surface area contributed by atoms with Gasteiger partial charge in [-0.05, 0) is 11.6 Å². The fourth-order valence-corrected chi connectivity index (χ4v) is 1.92. The molecule has 0 fully saturated rings. The summed E-state index contributed by atoms with van der Waals surface area (Å²) in [4.78, 5) is 13.0. The second kappa shape index (κ2) is 4.59. The van der Waals surface area contributed by atoms with Crippen LogP contribution in [0.5, 0.6) is 0 Å². The van der Waals surface area contributed by atoms with E-state index in [9.17, 15) is 9.90 Å². The number of carbonyl (C=O) groups is 1. The van der Waals surface area contributed by atoms with Crippen LogP contribution in [0, 0.1) is 0 Å². The summed E-state index contributed by atoms with van der Waals surface area (Å²) >= 11 is 0. The highest BCUT2D eigenvalue weighted by molar-refractivity contribution is 5.75. The van der Waals surface area contributed by atoms with E-state index in [1.807, 2.05) is 30.3 Å². The third-order valence-electron chi connectivity index (χ3n) is 2.97. The molecule has 0 amide bonds. The average Bonchev–Trinajstić information content (AvgIpc) is 2.35. The van der Waals surface area contributed by atoms with Crippen molar-refractivity contribution in [2.24, 2.45) is 0 Å². The van der Waals surface area contributed by atoms with Crippen molar-refractivity contribution in [2.75, 3.05) is 14.2 Å². The Morgan fingerprint density at radius 2 is 2.18 bits per heavy atom. The molecule has 1 aromatic carbocycles. The summed E-state index contributed by atoms with van der Waals surface area (Å²) in [6, 6.07) is 7.59. The van der Waals surface area contributed by atoms with Crippen LogP contribution in [0.1, 0.15) is 23.8 Å². The van der Waals surface area contributed by atoms with Gasteiger partial charge in [-0.15, -0.1) is 0 Å². The lowest BCUT2D eigenvalue weighted by Crippen LogP contribution is -2.28. The molecule has 0 aliphatic carbocycles. The van der Waals surface area contributed by atoms with Crippen molar-refractivity contribution in [1.29, 1.82) is 0 Å². The van der Waals surface area contributed by atoms with Gasteiger partial charge in [0.15, 0.2) is 6.23 Å². The van der Waals surface area contributed by atoms with Gasteiger partial charge in [0.1, 0.15) is 0 Å². The van der Waals surface area contributed by atoms with Crippen molar-refractivity contribution >= 4 is 12.0 Å². The van der Waals surface area contributed by atoms with Crippen molar-refractivity contribution < 1.29 is 14.6 Å². The molecule has 0 saturated heterocycles. The summed E-state index contributed by atoms with van der Waals surface area (Å²) in [5.74, 6) is -0.310. The number of aliphatic hydroxyl groups excluding tert-OH is 1. The molecule has 0 saturated carbocycles. The number of aliphatic hydroxyl groups is 1. The summed E-state index contributed by atoms with van der Waals surface area (Å²) in [6.45, 7) is 0. The van der Waals surface area contributed by atoms with Gasteiger partial charge < -0.3 is 14.7 Å². The number of carbonyl (C=O) groups excluding carboxylic acids is 1. The van der Waals surface area contributed by atoms with Gasteiger partial charge in [0, 0.05) is 18.3 Å². The maximum absolute atomic E-state index is 11.3. The highest BCUT2D eigenvalue weighted by Gasteiger charge is 2.24. The molecule has 0 spiro atoms. The van der Waals surface area contributed by atoms with Crippen molar-refractivity contribution in [3.8, 4) is 0 Å². The maximum atomic E-state index is 11.3. The first-order chi connectivity index (χ1) is 8.13. The van der Waals surface area contributed by atoms with Crippen LogP contribution in [0.2, 0.25) is 0 Å². The number of hydrogen-bond donors (Lipinski definition) is 1. The van der Waals surface area contributed by atoms with Crippen LogP contribution in [-0.2, 0) is 9.53 Å². The standard InChI is InChI=1S/C13H15NO3/c1-14-10(8-12(15)17-2)7-9-5-3-4-6-11(9)13(14)16/h3-7,13,16H,8H2,1-2H3. The minimum atomic E-state index is -0.712. The first kappa shape index (κ1) is 11.7. The Hall–Kier alpha value is -1.81. The van der Waals surface area contributed by atoms with E-state index in [1.165, 1.54) is 7.11 Å². The molecule has 0 radical (unpaired) electrons. The minimum Gasteiger partial charge on any atom is -0.469 e. The van der Waals surface area contributed by atoms with Crippen molar-refractivity contribution in [2.45, 2.75) is 12.6 Å². The number of hydrogen-bond acceptors (Lipinski definition) is 4. The molecule has 1 unspecified atom stereocenters. The zero-order chi connectivity index (χ0) is 12.4. The maximum Gasteiger partial charge on any atom is 0.311 e. The van der Waals surface area contributed by atoms with Crippen LogP contribution in [-0.4, -0.2) is 30.1 Å². The number of esters is 1. The third-order valence-corrected chi connectivity index (χ3v) is 2.97. The van der Waals surface area contributed by atoms with Crippen LogP contribution in [0.4, 0.5) is 0 Å². The summed E-state index contributed by atoms with van der Waals surface area (Å²) in [5, 5.41) is 10.1. The molecular formula is C13H15NO3. The lowest BCUT2D eigenvalue weighted by molar-refractivity contribution is -0.140. The van der Waals surface area contributed by atoms with Gasteiger partial charge in [0.05, 0.1) is 13.5 Å². The highest BCUT2D eigenvalue weighted by atomic mass is 16.5. The monoisotopic (exact) mass is 233 g/mol. The summed E-state index contributed by atoms with van der Waals surface area (Å²) in [5.41, 5.74) is 2.55. The molecule has 1 atom stereocenters. The van der Waals surface area contributed by atoms with E-state index in [2.05, 4.69) is 4.74 Å². The van der Waals surface area contributed by atoms with E-state index >= 15 is 0 Å². The van der Waals surface area contributed by atoms with E-state index in [0.717, 1.165) is 16.8 Å². The van der Waals surface area contributed by atoms with Gasteiger partial charge in [-0.3, -0.25) is 4.79 Å². The fraction of sp³-hybridized carbons (Fsp3) is 0.308. The number of methoxy groups -OCH3 is 1. The zero-order valence-electron chi connectivity index (χ0n) is 9.88. The SMILES string of the molecule is COC(=O)CC1=Cc2ccccc2C(O)N1C. The molecule has 1 aliphatic heterocycles. The van der Waals surface area contributed by atoms with E-state index in [4.69, 9.17) is 0 Å². The van der Waals surface area contributed by atoms with E-state index < -0.39 is 6.23 Å². The number of benzene rings is 1. The zero-order valence-corrected chi connectivity index (χ0v) is 9.88. The number of nitrogens with zero attached hydrogens (tertiary/aromatic N) is 1. The number of ether oxygens (including phenoxy) is 1. The van der Waals surface area contributed by atoms with Crippen LogP contribution in [0.3, 0.4) is 0 Å². The van der Waals surface area contributed by atoms with Crippen molar-refractivity contribution in [1.82, 2.24) is 4.90 Å². The Kier molecular flexibility index (Phi) is 3.15. The van der Waals surface area contributed by atoms with Gasteiger partial charge in [-0.25, -0.2) is 0 Å². The van der Waals surface area contributed by atoms with Crippen molar-refractivity contribution in [3.05, 3.63) is 41.1 Å².